The molecule has 1 saturated heterocycles. The normalized spacial score (nSPS) is 15.8. The zero-order valence-corrected chi connectivity index (χ0v) is 17.2. The molecule has 3 aromatic rings. The van der Waals surface area contributed by atoms with E-state index in [4.69, 9.17) is 9.52 Å². The molecule has 0 amide bonds. The molecule has 1 aromatic carbocycles. The van der Waals surface area contributed by atoms with Gasteiger partial charge in [-0.05, 0) is 43.0 Å². The zero-order valence-electron chi connectivity index (χ0n) is 15.6. The standard InChI is InChI=1S/C20H19BrN6O2/c21-15-4-2-1-3-14(15)11-20(13-22)7-9-27(10-8-20)17-6-5-16(23-24-17)19-26-25-18(12-28)29-19/h1-6,28H,7-12H2. The summed E-state index contributed by atoms with van der Waals surface area (Å²) in [5, 5.41) is 34.9. The topological polar surface area (TPSA) is 112 Å². The fourth-order valence-corrected chi connectivity index (χ4v) is 3.95. The van der Waals surface area contributed by atoms with Crippen LogP contribution in [0.15, 0.2) is 45.3 Å². The summed E-state index contributed by atoms with van der Waals surface area (Å²) in [5.74, 6) is 1.12. The molecule has 148 valence electrons. The first-order valence-corrected chi connectivity index (χ1v) is 10.1. The van der Waals surface area contributed by atoms with Crippen LogP contribution in [0.3, 0.4) is 0 Å². The maximum atomic E-state index is 9.88. The van der Waals surface area contributed by atoms with E-state index in [1.807, 2.05) is 24.3 Å². The SMILES string of the molecule is N#CC1(Cc2ccccc2Br)CCN(c2ccc(-c3nnc(CO)o3)nn2)CC1. The molecule has 1 aliphatic heterocycles. The number of anilines is 1. The number of nitrogens with zero attached hydrogens (tertiary/aromatic N) is 6. The van der Waals surface area contributed by atoms with E-state index in [0.29, 0.717) is 5.69 Å². The van der Waals surface area contributed by atoms with E-state index in [1.165, 1.54) is 0 Å². The maximum Gasteiger partial charge on any atom is 0.268 e. The minimum atomic E-state index is -0.377. The Morgan fingerprint density at radius 2 is 1.90 bits per heavy atom. The number of benzene rings is 1. The highest BCUT2D eigenvalue weighted by molar-refractivity contribution is 9.10. The van der Waals surface area contributed by atoms with Crippen LogP contribution in [0, 0.1) is 16.7 Å². The Morgan fingerprint density at radius 3 is 2.52 bits per heavy atom. The van der Waals surface area contributed by atoms with Crippen molar-refractivity contribution in [1.29, 1.82) is 5.26 Å². The maximum absolute atomic E-state index is 9.88. The Hall–Kier alpha value is -2.83. The van der Waals surface area contributed by atoms with Gasteiger partial charge in [-0.25, -0.2) is 0 Å². The van der Waals surface area contributed by atoms with Gasteiger partial charge in [-0.2, -0.15) is 5.26 Å². The first-order valence-electron chi connectivity index (χ1n) is 9.29. The number of hydrogen-bond acceptors (Lipinski definition) is 8. The van der Waals surface area contributed by atoms with Gasteiger partial charge in [0.05, 0.1) is 11.5 Å². The highest BCUT2D eigenvalue weighted by atomic mass is 79.9. The van der Waals surface area contributed by atoms with Crippen molar-refractivity contribution in [1.82, 2.24) is 20.4 Å². The number of rotatable bonds is 5. The fourth-order valence-electron chi connectivity index (χ4n) is 3.53. The molecular formula is C20H19BrN6O2. The van der Waals surface area contributed by atoms with Crippen molar-refractivity contribution in [3.8, 4) is 17.7 Å². The van der Waals surface area contributed by atoms with Crippen LogP contribution in [-0.4, -0.2) is 38.6 Å². The van der Waals surface area contributed by atoms with Crippen LogP contribution in [0.5, 0.6) is 0 Å². The molecule has 0 radical (unpaired) electrons. The van der Waals surface area contributed by atoms with Crippen LogP contribution >= 0.6 is 15.9 Å². The van der Waals surface area contributed by atoms with Gasteiger partial charge in [0.1, 0.15) is 12.3 Å². The molecule has 0 atom stereocenters. The third kappa shape index (κ3) is 4.13. The Bertz CT molecular complexity index is 1020. The van der Waals surface area contributed by atoms with E-state index in [9.17, 15) is 5.26 Å². The smallest absolute Gasteiger partial charge is 0.268 e. The minimum Gasteiger partial charge on any atom is -0.417 e. The van der Waals surface area contributed by atoms with Gasteiger partial charge < -0.3 is 14.4 Å². The molecule has 4 rings (SSSR count). The molecular weight excluding hydrogens is 436 g/mol. The predicted molar refractivity (Wildman–Crippen MR) is 109 cm³/mol. The first kappa shape index (κ1) is 19.5. The molecule has 0 bridgehead atoms. The molecule has 29 heavy (non-hydrogen) atoms. The number of aliphatic hydroxyl groups excluding tert-OH is 1. The first-order chi connectivity index (χ1) is 14.1. The monoisotopic (exact) mass is 454 g/mol. The molecule has 9 heteroatoms. The Morgan fingerprint density at radius 1 is 1.10 bits per heavy atom. The Labute approximate surface area is 176 Å². The fraction of sp³-hybridized carbons (Fsp3) is 0.350. The van der Waals surface area contributed by atoms with Gasteiger partial charge in [0.2, 0.25) is 5.89 Å². The zero-order chi connectivity index (χ0) is 20.3. The van der Waals surface area contributed by atoms with Crippen LogP contribution in [0.25, 0.3) is 11.6 Å². The van der Waals surface area contributed by atoms with Crippen molar-refractivity contribution in [3.05, 3.63) is 52.3 Å². The molecule has 0 saturated carbocycles. The van der Waals surface area contributed by atoms with Gasteiger partial charge in [0, 0.05) is 17.6 Å². The third-order valence-corrected chi connectivity index (χ3v) is 6.01. The van der Waals surface area contributed by atoms with E-state index in [1.54, 1.807) is 6.07 Å². The van der Waals surface area contributed by atoms with E-state index in [0.717, 1.165) is 48.2 Å². The van der Waals surface area contributed by atoms with Gasteiger partial charge in [0.15, 0.2) is 5.82 Å². The molecule has 1 fully saturated rings. The van der Waals surface area contributed by atoms with Crippen LogP contribution in [0.2, 0.25) is 0 Å². The van der Waals surface area contributed by atoms with Crippen LogP contribution in [0.4, 0.5) is 5.82 Å². The highest BCUT2D eigenvalue weighted by Crippen LogP contribution is 2.37. The number of hydrogen-bond donors (Lipinski definition) is 1. The van der Waals surface area contributed by atoms with Crippen LogP contribution < -0.4 is 4.90 Å². The molecule has 1 aliphatic rings. The lowest BCUT2D eigenvalue weighted by Gasteiger charge is -2.38. The predicted octanol–water partition coefficient (Wildman–Crippen LogP) is 3.13. The average molecular weight is 455 g/mol. The molecule has 1 N–H and O–H groups in total. The molecule has 0 unspecified atom stereocenters. The third-order valence-electron chi connectivity index (χ3n) is 5.24. The summed E-state index contributed by atoms with van der Waals surface area (Å²) in [5.41, 5.74) is 1.24. The molecule has 2 aromatic heterocycles. The summed E-state index contributed by atoms with van der Waals surface area (Å²) in [4.78, 5) is 2.14. The Balaban J connectivity index is 1.43. The van der Waals surface area contributed by atoms with Gasteiger partial charge >= 0.3 is 0 Å². The summed E-state index contributed by atoms with van der Waals surface area (Å²) >= 11 is 3.59. The van der Waals surface area contributed by atoms with Crippen molar-refractivity contribution in [3.63, 3.8) is 0 Å². The van der Waals surface area contributed by atoms with E-state index in [-0.39, 0.29) is 23.8 Å². The Kier molecular flexibility index (Phi) is 5.56. The van der Waals surface area contributed by atoms with Crippen molar-refractivity contribution < 1.29 is 9.52 Å². The molecule has 3 heterocycles. The van der Waals surface area contributed by atoms with Gasteiger partial charge in [-0.15, -0.1) is 20.4 Å². The molecule has 0 spiro atoms. The van der Waals surface area contributed by atoms with E-state index >= 15 is 0 Å². The number of nitriles is 1. The van der Waals surface area contributed by atoms with E-state index in [2.05, 4.69) is 53.4 Å². The highest BCUT2D eigenvalue weighted by Gasteiger charge is 2.35. The van der Waals surface area contributed by atoms with Crippen LogP contribution in [0.1, 0.15) is 24.3 Å². The lowest BCUT2D eigenvalue weighted by atomic mass is 9.75. The summed E-state index contributed by atoms with van der Waals surface area (Å²) in [7, 11) is 0. The summed E-state index contributed by atoms with van der Waals surface area (Å²) in [6, 6.07) is 14.3. The van der Waals surface area contributed by atoms with Crippen molar-refractivity contribution >= 4 is 21.7 Å². The van der Waals surface area contributed by atoms with Crippen LogP contribution in [-0.2, 0) is 13.0 Å². The largest absolute Gasteiger partial charge is 0.417 e. The second-order valence-electron chi connectivity index (χ2n) is 7.08. The lowest BCUT2D eigenvalue weighted by molar-refractivity contribution is 0.241. The van der Waals surface area contributed by atoms with Gasteiger partial charge in [-0.3, -0.25) is 0 Å². The van der Waals surface area contributed by atoms with Gasteiger partial charge in [0.25, 0.3) is 5.89 Å². The summed E-state index contributed by atoms with van der Waals surface area (Å²) in [6.45, 7) is 1.16. The number of piperidine rings is 1. The number of halogens is 1. The second kappa shape index (κ2) is 8.27. The lowest BCUT2D eigenvalue weighted by Crippen LogP contribution is -2.41. The number of aromatic nitrogens is 4. The minimum absolute atomic E-state index is 0.139. The summed E-state index contributed by atoms with van der Waals surface area (Å²) in [6.07, 6.45) is 2.25. The van der Waals surface area contributed by atoms with Crippen molar-refractivity contribution in [2.45, 2.75) is 25.9 Å². The molecule has 0 aliphatic carbocycles. The molecule has 8 nitrogen and oxygen atoms in total. The van der Waals surface area contributed by atoms with Gasteiger partial charge in [-0.1, -0.05) is 34.1 Å². The van der Waals surface area contributed by atoms with Crippen molar-refractivity contribution in [2.75, 3.05) is 18.0 Å². The van der Waals surface area contributed by atoms with E-state index < -0.39 is 0 Å². The average Bonchev–Trinajstić information content (AvgIpc) is 3.25. The quantitative estimate of drug-likeness (QED) is 0.625. The summed E-state index contributed by atoms with van der Waals surface area (Å²) < 4.78 is 6.33. The van der Waals surface area contributed by atoms with Crippen molar-refractivity contribution in [2.24, 2.45) is 5.41 Å². The second-order valence-corrected chi connectivity index (χ2v) is 7.94. The number of aliphatic hydroxyl groups is 1.